The van der Waals surface area contributed by atoms with Gasteiger partial charge < -0.3 is 15.6 Å². The van der Waals surface area contributed by atoms with Gasteiger partial charge >= 0.3 is 0 Å². The molecule has 3 N–H and O–H groups in total. The molecule has 1 aromatic heterocycles. The largest absolute Gasteiger partial charge is 0.361 e. The fourth-order valence-electron chi connectivity index (χ4n) is 2.13. The minimum atomic E-state index is 0.717. The van der Waals surface area contributed by atoms with Crippen LogP contribution in [0.3, 0.4) is 0 Å². The van der Waals surface area contributed by atoms with E-state index in [1.807, 2.05) is 0 Å². The molecule has 0 unspecified atom stereocenters. The van der Waals surface area contributed by atoms with E-state index in [2.05, 4.69) is 34.0 Å². The molecule has 0 aliphatic carbocycles. The minimum Gasteiger partial charge on any atom is -0.361 e. The number of H-pyrrole nitrogens is 1. The van der Waals surface area contributed by atoms with Gasteiger partial charge in [0.05, 0.1) is 0 Å². The Morgan fingerprint density at radius 2 is 1.88 bits per heavy atom. The highest BCUT2D eigenvalue weighted by atomic mass is 15.2. The molecule has 0 saturated carbocycles. The van der Waals surface area contributed by atoms with Gasteiger partial charge in [0.25, 0.3) is 0 Å². The van der Waals surface area contributed by atoms with E-state index in [1.54, 1.807) is 0 Å². The second-order valence-electron chi connectivity index (χ2n) is 4.63. The van der Waals surface area contributed by atoms with E-state index in [9.17, 15) is 0 Å². The van der Waals surface area contributed by atoms with E-state index in [0.29, 0.717) is 6.54 Å². The summed E-state index contributed by atoms with van der Waals surface area (Å²) >= 11 is 0. The molecule has 0 atom stereocenters. The van der Waals surface area contributed by atoms with Crippen LogP contribution in [0.4, 0.5) is 0 Å². The molecule has 0 aromatic carbocycles. The Morgan fingerprint density at radius 1 is 1.19 bits per heavy atom. The highest BCUT2D eigenvalue weighted by Gasteiger charge is 2.14. The summed E-state index contributed by atoms with van der Waals surface area (Å²) in [6, 6.07) is 4.33. The van der Waals surface area contributed by atoms with Crippen LogP contribution in [0.5, 0.6) is 0 Å². The van der Waals surface area contributed by atoms with Gasteiger partial charge in [0.1, 0.15) is 0 Å². The maximum Gasteiger partial charge on any atom is 0.0386 e. The van der Waals surface area contributed by atoms with Gasteiger partial charge in [-0.15, -0.1) is 0 Å². The molecule has 4 nitrogen and oxygen atoms in total. The first-order chi connectivity index (χ1) is 7.78. The van der Waals surface area contributed by atoms with Gasteiger partial charge in [0.2, 0.25) is 0 Å². The molecule has 1 aromatic rings. The van der Waals surface area contributed by atoms with Gasteiger partial charge in [-0.05, 0) is 32.1 Å². The number of nitrogens with one attached hydrogen (secondary N) is 1. The number of aromatic amines is 1. The van der Waals surface area contributed by atoms with Crippen molar-refractivity contribution in [3.8, 4) is 0 Å². The van der Waals surface area contributed by atoms with Gasteiger partial charge in [-0.1, -0.05) is 0 Å². The summed E-state index contributed by atoms with van der Waals surface area (Å²) in [6.45, 7) is 6.45. The van der Waals surface area contributed by atoms with E-state index < -0.39 is 0 Å². The first kappa shape index (κ1) is 11.6. The summed E-state index contributed by atoms with van der Waals surface area (Å²) in [5.41, 5.74) is 8.10. The van der Waals surface area contributed by atoms with Gasteiger partial charge in [-0.2, -0.15) is 0 Å². The quantitative estimate of drug-likeness (QED) is 0.768. The lowest BCUT2D eigenvalue weighted by Crippen LogP contribution is -2.43. The summed E-state index contributed by atoms with van der Waals surface area (Å²) in [7, 11) is 2.19. The van der Waals surface area contributed by atoms with Crippen LogP contribution in [0.15, 0.2) is 12.1 Å². The zero-order chi connectivity index (χ0) is 11.4. The van der Waals surface area contributed by atoms with Crippen molar-refractivity contribution in [1.82, 2.24) is 14.8 Å². The molecule has 4 heteroatoms. The van der Waals surface area contributed by atoms with Crippen molar-refractivity contribution >= 4 is 0 Å². The maximum absolute atomic E-state index is 5.53. The van der Waals surface area contributed by atoms with Crippen LogP contribution >= 0.6 is 0 Å². The molecular weight excluding hydrogens is 200 g/mol. The molecule has 1 aliphatic rings. The fourth-order valence-corrected chi connectivity index (χ4v) is 2.13. The highest BCUT2D eigenvalue weighted by molar-refractivity contribution is 5.13. The van der Waals surface area contributed by atoms with Crippen LogP contribution in [-0.2, 0) is 13.0 Å². The van der Waals surface area contributed by atoms with E-state index in [0.717, 1.165) is 13.0 Å². The van der Waals surface area contributed by atoms with E-state index in [-0.39, 0.29) is 0 Å². The average Bonchev–Trinajstić information content (AvgIpc) is 2.70. The van der Waals surface area contributed by atoms with Crippen LogP contribution in [0, 0.1) is 0 Å². The Kier molecular flexibility index (Phi) is 3.98. The molecule has 2 heterocycles. The summed E-state index contributed by atoms with van der Waals surface area (Å²) in [5.74, 6) is 0. The van der Waals surface area contributed by atoms with Gasteiger partial charge in [0.15, 0.2) is 0 Å². The van der Waals surface area contributed by atoms with Crippen molar-refractivity contribution in [3.05, 3.63) is 23.5 Å². The Bertz CT molecular complexity index is 313. The Morgan fingerprint density at radius 3 is 2.56 bits per heavy atom. The van der Waals surface area contributed by atoms with Crippen LogP contribution < -0.4 is 5.73 Å². The summed E-state index contributed by atoms with van der Waals surface area (Å²) < 4.78 is 0. The van der Waals surface area contributed by atoms with Crippen LogP contribution in [0.25, 0.3) is 0 Å². The maximum atomic E-state index is 5.53. The predicted octanol–water partition coefficient (Wildman–Crippen LogP) is 0.263. The number of likely N-dealkylation sites (N-methyl/N-ethyl adjacent to an activating group) is 1. The number of nitrogens with two attached hydrogens (primary N) is 1. The summed E-state index contributed by atoms with van der Waals surface area (Å²) in [5, 5.41) is 0. The lowest BCUT2D eigenvalue weighted by molar-refractivity contribution is 0.147. The summed E-state index contributed by atoms with van der Waals surface area (Å²) in [4.78, 5) is 8.32. The molecule has 0 radical (unpaired) electrons. The molecule has 1 saturated heterocycles. The van der Waals surface area contributed by atoms with Crippen LogP contribution in [0.2, 0.25) is 0 Å². The lowest BCUT2D eigenvalue weighted by Gasteiger charge is -2.31. The third-order valence-electron chi connectivity index (χ3n) is 3.21. The Labute approximate surface area is 97.4 Å². The van der Waals surface area contributed by atoms with Gasteiger partial charge in [0, 0.05) is 44.1 Å². The first-order valence-electron chi connectivity index (χ1n) is 6.05. The standard InChI is InChI=1S/C12H22N4/c1-15-6-8-16(9-7-15)10-12-3-2-11(14-12)4-5-13/h2-3,14H,4-10,13H2,1H3. The minimum absolute atomic E-state index is 0.717. The van der Waals surface area contributed by atoms with Crippen LogP contribution in [0.1, 0.15) is 11.4 Å². The predicted molar refractivity (Wildman–Crippen MR) is 66.3 cm³/mol. The SMILES string of the molecule is CN1CCN(Cc2ccc(CCN)[nH]2)CC1. The Hall–Kier alpha value is -0.840. The number of hydrogen-bond acceptors (Lipinski definition) is 3. The second kappa shape index (κ2) is 5.48. The highest BCUT2D eigenvalue weighted by Crippen LogP contribution is 2.08. The molecule has 90 valence electrons. The molecule has 0 spiro atoms. The topological polar surface area (TPSA) is 48.3 Å². The van der Waals surface area contributed by atoms with Crippen molar-refractivity contribution in [1.29, 1.82) is 0 Å². The zero-order valence-corrected chi connectivity index (χ0v) is 10.1. The third kappa shape index (κ3) is 3.07. The molecular formula is C12H22N4. The van der Waals surface area contributed by atoms with E-state index in [1.165, 1.54) is 37.6 Å². The first-order valence-corrected chi connectivity index (χ1v) is 6.05. The smallest absolute Gasteiger partial charge is 0.0386 e. The molecule has 2 rings (SSSR count). The van der Waals surface area contributed by atoms with Crippen molar-refractivity contribution in [2.24, 2.45) is 5.73 Å². The van der Waals surface area contributed by atoms with Gasteiger partial charge in [-0.3, -0.25) is 4.90 Å². The number of aromatic nitrogens is 1. The van der Waals surface area contributed by atoms with Crippen molar-refractivity contribution in [2.75, 3.05) is 39.8 Å². The second-order valence-corrected chi connectivity index (χ2v) is 4.63. The monoisotopic (exact) mass is 222 g/mol. The zero-order valence-electron chi connectivity index (χ0n) is 10.1. The van der Waals surface area contributed by atoms with Crippen LogP contribution in [-0.4, -0.2) is 54.6 Å². The summed E-state index contributed by atoms with van der Waals surface area (Å²) in [6.07, 6.45) is 0.947. The fraction of sp³-hybridized carbons (Fsp3) is 0.667. The van der Waals surface area contributed by atoms with Crippen molar-refractivity contribution in [2.45, 2.75) is 13.0 Å². The van der Waals surface area contributed by atoms with Crippen molar-refractivity contribution < 1.29 is 0 Å². The molecule has 16 heavy (non-hydrogen) atoms. The third-order valence-corrected chi connectivity index (χ3v) is 3.21. The molecule has 0 bridgehead atoms. The normalized spacial score (nSPS) is 19.1. The number of piperazine rings is 1. The van der Waals surface area contributed by atoms with E-state index in [4.69, 9.17) is 5.73 Å². The van der Waals surface area contributed by atoms with E-state index >= 15 is 0 Å². The Balaban J connectivity index is 1.83. The van der Waals surface area contributed by atoms with Crippen molar-refractivity contribution in [3.63, 3.8) is 0 Å². The number of hydrogen-bond donors (Lipinski definition) is 2. The molecule has 1 fully saturated rings. The lowest BCUT2D eigenvalue weighted by atomic mass is 10.3. The number of rotatable bonds is 4. The number of nitrogens with zero attached hydrogens (tertiary/aromatic N) is 2. The molecule has 0 amide bonds. The average molecular weight is 222 g/mol. The molecule has 1 aliphatic heterocycles. The van der Waals surface area contributed by atoms with Gasteiger partial charge in [-0.25, -0.2) is 0 Å².